The molecule has 1 aromatic carbocycles. The first-order chi connectivity index (χ1) is 8.67. The second-order valence-corrected chi connectivity index (χ2v) is 4.34. The molecule has 2 rings (SSSR count). The molecule has 1 aliphatic rings. The van der Waals surface area contributed by atoms with Crippen LogP contribution in [0.2, 0.25) is 0 Å². The van der Waals surface area contributed by atoms with Gasteiger partial charge in [0.05, 0.1) is 11.6 Å². The van der Waals surface area contributed by atoms with Gasteiger partial charge in [-0.3, -0.25) is 9.59 Å². The van der Waals surface area contributed by atoms with Crippen LogP contribution >= 0.6 is 11.6 Å². The number of halogens is 1. The zero-order chi connectivity index (χ0) is 13.1. The average Bonchev–Trinajstić information content (AvgIpc) is 2.40. The predicted molar refractivity (Wildman–Crippen MR) is 69.6 cm³/mol. The molecule has 1 aromatic rings. The van der Waals surface area contributed by atoms with Crippen molar-refractivity contribution in [1.29, 1.82) is 0 Å². The van der Waals surface area contributed by atoms with Crippen molar-refractivity contribution in [2.45, 2.75) is 13.3 Å². The first kappa shape index (κ1) is 12.9. The molecule has 0 aliphatic carbocycles. The summed E-state index contributed by atoms with van der Waals surface area (Å²) in [7, 11) is 0. The average molecular weight is 268 g/mol. The maximum Gasteiger partial charge on any atom is 0.265 e. The third-order valence-electron chi connectivity index (χ3n) is 2.79. The van der Waals surface area contributed by atoms with E-state index in [2.05, 4.69) is 0 Å². The molecular formula is C13H14ClNO3. The van der Waals surface area contributed by atoms with Crippen LogP contribution < -0.4 is 9.64 Å². The van der Waals surface area contributed by atoms with Crippen molar-refractivity contribution in [2.75, 3.05) is 23.9 Å². The van der Waals surface area contributed by atoms with Crippen LogP contribution in [0.25, 0.3) is 0 Å². The molecule has 5 heteroatoms. The minimum atomic E-state index is -0.158. The number of carbonyl (C=O) groups excluding carboxylic acids is 2. The maximum atomic E-state index is 11.8. The second kappa shape index (κ2) is 5.40. The van der Waals surface area contributed by atoms with Gasteiger partial charge in [-0.25, -0.2) is 0 Å². The number of anilines is 1. The largest absolute Gasteiger partial charge is 0.482 e. The van der Waals surface area contributed by atoms with E-state index in [9.17, 15) is 9.59 Å². The van der Waals surface area contributed by atoms with E-state index in [0.29, 0.717) is 23.5 Å². The van der Waals surface area contributed by atoms with E-state index in [1.165, 1.54) is 0 Å². The van der Waals surface area contributed by atoms with Gasteiger partial charge in [-0.15, -0.1) is 11.6 Å². The van der Waals surface area contributed by atoms with E-state index in [0.717, 1.165) is 6.42 Å². The van der Waals surface area contributed by atoms with Gasteiger partial charge in [0.25, 0.3) is 5.91 Å². The fraction of sp³-hybridized carbons (Fsp3) is 0.385. The second-order valence-electron chi connectivity index (χ2n) is 4.07. The summed E-state index contributed by atoms with van der Waals surface area (Å²) in [6, 6.07) is 5.06. The summed E-state index contributed by atoms with van der Waals surface area (Å²) in [5.74, 6) is 0.324. The summed E-state index contributed by atoms with van der Waals surface area (Å²) in [6.07, 6.45) is 0.846. The van der Waals surface area contributed by atoms with Gasteiger partial charge in [-0.2, -0.15) is 0 Å². The number of ketones is 1. The number of carbonyl (C=O) groups is 2. The minimum Gasteiger partial charge on any atom is -0.482 e. The molecule has 0 spiro atoms. The van der Waals surface area contributed by atoms with E-state index in [1.54, 1.807) is 23.1 Å². The van der Waals surface area contributed by atoms with Gasteiger partial charge in [-0.05, 0) is 24.6 Å². The lowest BCUT2D eigenvalue weighted by Crippen LogP contribution is -2.39. The zero-order valence-electron chi connectivity index (χ0n) is 10.1. The van der Waals surface area contributed by atoms with Crippen LogP contribution in [0, 0.1) is 0 Å². The number of nitrogens with zero attached hydrogens (tertiary/aromatic N) is 1. The van der Waals surface area contributed by atoms with Crippen molar-refractivity contribution < 1.29 is 14.3 Å². The molecule has 1 heterocycles. The highest BCUT2D eigenvalue weighted by atomic mass is 35.5. The van der Waals surface area contributed by atoms with Crippen molar-refractivity contribution in [3.8, 4) is 5.75 Å². The van der Waals surface area contributed by atoms with Crippen LogP contribution in [0.5, 0.6) is 5.75 Å². The molecule has 0 aromatic heterocycles. The summed E-state index contributed by atoms with van der Waals surface area (Å²) < 4.78 is 5.35. The standard InChI is InChI=1S/C13H14ClNO3/c1-2-5-15-10-6-9(11(16)7-14)3-4-12(10)18-8-13(15)17/h3-4,6H,2,5,7-8H2,1H3. The Morgan fingerprint density at radius 1 is 1.50 bits per heavy atom. The molecule has 1 aliphatic heterocycles. The van der Waals surface area contributed by atoms with Crippen LogP contribution in [0.1, 0.15) is 23.7 Å². The predicted octanol–water partition coefficient (Wildman–Crippen LogP) is 2.24. The minimum absolute atomic E-state index is 0.0514. The molecule has 0 unspecified atom stereocenters. The molecule has 0 saturated carbocycles. The van der Waals surface area contributed by atoms with E-state index in [-0.39, 0.29) is 24.2 Å². The molecule has 0 fully saturated rings. The van der Waals surface area contributed by atoms with Crippen LogP contribution in [0.15, 0.2) is 18.2 Å². The van der Waals surface area contributed by atoms with Crippen molar-refractivity contribution in [3.63, 3.8) is 0 Å². The topological polar surface area (TPSA) is 46.6 Å². The van der Waals surface area contributed by atoms with E-state index in [4.69, 9.17) is 16.3 Å². The number of ether oxygens (including phenoxy) is 1. The van der Waals surface area contributed by atoms with Gasteiger partial charge >= 0.3 is 0 Å². The molecule has 1 amide bonds. The first-order valence-electron chi connectivity index (χ1n) is 5.83. The van der Waals surface area contributed by atoms with Gasteiger partial charge in [0.2, 0.25) is 0 Å². The van der Waals surface area contributed by atoms with Crippen molar-refractivity contribution >= 4 is 29.0 Å². The number of hydrogen-bond donors (Lipinski definition) is 0. The molecule has 0 saturated heterocycles. The Morgan fingerprint density at radius 3 is 2.94 bits per heavy atom. The van der Waals surface area contributed by atoms with Crippen molar-refractivity contribution in [1.82, 2.24) is 0 Å². The van der Waals surface area contributed by atoms with E-state index in [1.807, 2.05) is 6.92 Å². The van der Waals surface area contributed by atoms with Gasteiger partial charge in [0.1, 0.15) is 5.75 Å². The molecule has 18 heavy (non-hydrogen) atoms. The SMILES string of the molecule is CCCN1C(=O)COc2ccc(C(=O)CCl)cc21. The summed E-state index contributed by atoms with van der Waals surface area (Å²) in [5.41, 5.74) is 1.16. The zero-order valence-corrected chi connectivity index (χ0v) is 10.9. The Balaban J connectivity index is 2.41. The number of Topliss-reactive ketones (excluding diaryl/α,β-unsaturated/α-hetero) is 1. The lowest BCUT2D eigenvalue weighted by Gasteiger charge is -2.29. The number of benzene rings is 1. The van der Waals surface area contributed by atoms with Gasteiger partial charge in [-0.1, -0.05) is 6.92 Å². The fourth-order valence-electron chi connectivity index (χ4n) is 1.92. The Hall–Kier alpha value is -1.55. The lowest BCUT2D eigenvalue weighted by atomic mass is 10.1. The lowest BCUT2D eigenvalue weighted by molar-refractivity contribution is -0.121. The Bertz CT molecular complexity index is 487. The highest BCUT2D eigenvalue weighted by Crippen LogP contribution is 2.33. The van der Waals surface area contributed by atoms with Gasteiger partial charge in [0, 0.05) is 12.1 Å². The number of alkyl halides is 1. The molecule has 0 atom stereocenters. The molecule has 0 radical (unpaired) electrons. The van der Waals surface area contributed by atoms with Crippen LogP contribution in [-0.4, -0.2) is 30.7 Å². The molecule has 96 valence electrons. The van der Waals surface area contributed by atoms with Gasteiger partial charge < -0.3 is 9.64 Å². The summed E-state index contributed by atoms with van der Waals surface area (Å²) >= 11 is 5.53. The third-order valence-corrected chi connectivity index (χ3v) is 3.04. The Kier molecular flexibility index (Phi) is 3.87. The first-order valence-corrected chi connectivity index (χ1v) is 6.37. The van der Waals surface area contributed by atoms with Crippen LogP contribution in [0.4, 0.5) is 5.69 Å². The van der Waals surface area contributed by atoms with E-state index >= 15 is 0 Å². The highest BCUT2D eigenvalue weighted by molar-refractivity contribution is 6.30. The number of fused-ring (bicyclic) bond motifs is 1. The maximum absolute atomic E-state index is 11.8. The Labute approximate surface area is 110 Å². The normalized spacial score (nSPS) is 14.1. The molecular weight excluding hydrogens is 254 g/mol. The highest BCUT2D eigenvalue weighted by Gasteiger charge is 2.25. The van der Waals surface area contributed by atoms with Gasteiger partial charge in [0.15, 0.2) is 12.4 Å². The van der Waals surface area contributed by atoms with Crippen LogP contribution in [-0.2, 0) is 4.79 Å². The molecule has 0 bridgehead atoms. The molecule has 4 nitrogen and oxygen atoms in total. The summed E-state index contributed by atoms with van der Waals surface area (Å²) in [5, 5.41) is 0. The summed E-state index contributed by atoms with van der Waals surface area (Å²) in [4.78, 5) is 25.0. The van der Waals surface area contributed by atoms with Crippen LogP contribution in [0.3, 0.4) is 0 Å². The number of hydrogen-bond acceptors (Lipinski definition) is 3. The van der Waals surface area contributed by atoms with Crippen molar-refractivity contribution in [2.24, 2.45) is 0 Å². The number of rotatable bonds is 4. The number of amides is 1. The molecule has 0 N–H and O–H groups in total. The monoisotopic (exact) mass is 267 g/mol. The summed E-state index contributed by atoms with van der Waals surface area (Å²) in [6.45, 7) is 2.67. The third kappa shape index (κ3) is 2.34. The van der Waals surface area contributed by atoms with Crippen molar-refractivity contribution in [3.05, 3.63) is 23.8 Å². The quantitative estimate of drug-likeness (QED) is 0.621. The fourth-order valence-corrected chi connectivity index (χ4v) is 2.08. The van der Waals surface area contributed by atoms with E-state index < -0.39 is 0 Å². The Morgan fingerprint density at radius 2 is 2.28 bits per heavy atom. The smallest absolute Gasteiger partial charge is 0.265 e.